The topological polar surface area (TPSA) is 71.3 Å². The van der Waals surface area contributed by atoms with Crippen molar-refractivity contribution in [3.63, 3.8) is 0 Å². The first kappa shape index (κ1) is 12.9. The van der Waals surface area contributed by atoms with Crippen molar-refractivity contribution >= 4 is 30.3 Å². The summed E-state index contributed by atoms with van der Waals surface area (Å²) in [7, 11) is 0. The molecule has 1 heterocycles. The summed E-state index contributed by atoms with van der Waals surface area (Å²) in [6.07, 6.45) is 0. The number of fused-ring (bicyclic) bond motifs is 1. The van der Waals surface area contributed by atoms with Crippen LogP contribution in [-0.4, -0.2) is 29.4 Å². The van der Waals surface area contributed by atoms with Gasteiger partial charge in [0.05, 0.1) is 0 Å². The summed E-state index contributed by atoms with van der Waals surface area (Å²) in [5, 5.41) is 9.31. The number of carbonyl (C=O) groups excluding carboxylic acids is 1. The van der Waals surface area contributed by atoms with Gasteiger partial charge in [-0.2, -0.15) is 0 Å². The summed E-state index contributed by atoms with van der Waals surface area (Å²) in [6, 6.07) is 14.1. The summed E-state index contributed by atoms with van der Waals surface area (Å²) in [4.78, 5) is 23.5. The number of nitrogens with one attached hydrogen (secondary N) is 1. The summed E-state index contributed by atoms with van der Waals surface area (Å²) >= 11 is -0.0889. The normalized spacial score (nSPS) is 10.7. The van der Waals surface area contributed by atoms with Crippen molar-refractivity contribution in [2.24, 2.45) is 0 Å². The maximum absolute atomic E-state index is 12.3. The van der Waals surface area contributed by atoms with E-state index in [1.165, 1.54) is 0 Å². The van der Waals surface area contributed by atoms with Crippen LogP contribution < -0.4 is 11.0 Å². The first-order chi connectivity index (χ1) is 9.70. The van der Waals surface area contributed by atoms with Crippen molar-refractivity contribution in [1.29, 1.82) is 0 Å². The molecule has 3 rings (SSSR count). The van der Waals surface area contributed by atoms with E-state index < -0.39 is 5.91 Å². The standard InChI is InChI=1S/C14H10N2O3Se/c17-13(15-19)9-5-7-10(8-6-9)16-14(18)11-3-1-2-4-12(11)20-16/h1-8,19H,(H,15,17). The molecule has 0 atom stereocenters. The molecule has 1 amide bonds. The molecule has 1 aromatic heterocycles. The second-order valence-corrected chi connectivity index (χ2v) is 6.25. The Morgan fingerprint density at radius 2 is 1.80 bits per heavy atom. The summed E-state index contributed by atoms with van der Waals surface area (Å²) in [6.45, 7) is 0. The fourth-order valence-corrected chi connectivity index (χ4v) is 4.05. The molecule has 2 N–H and O–H groups in total. The van der Waals surface area contributed by atoms with E-state index in [0.29, 0.717) is 5.56 Å². The zero-order valence-electron chi connectivity index (χ0n) is 10.2. The Morgan fingerprint density at radius 1 is 1.10 bits per heavy atom. The molecule has 100 valence electrons. The fraction of sp³-hybridized carbons (Fsp3) is 0. The number of rotatable bonds is 2. The van der Waals surface area contributed by atoms with Crippen molar-refractivity contribution in [3.05, 3.63) is 64.4 Å². The minimum atomic E-state index is -0.571. The Morgan fingerprint density at radius 3 is 2.45 bits per heavy atom. The molecule has 0 bridgehead atoms. The molecule has 0 aliphatic heterocycles. The molecule has 0 saturated heterocycles. The molecule has 5 nitrogen and oxygen atoms in total. The molecule has 3 aromatic rings. The number of hydroxylamine groups is 1. The summed E-state index contributed by atoms with van der Waals surface area (Å²) < 4.78 is 2.78. The zero-order chi connectivity index (χ0) is 14.1. The molecule has 0 saturated carbocycles. The van der Waals surface area contributed by atoms with Gasteiger partial charge >= 0.3 is 119 Å². The van der Waals surface area contributed by atoms with Crippen molar-refractivity contribution in [3.8, 4) is 5.69 Å². The van der Waals surface area contributed by atoms with E-state index in [4.69, 9.17) is 5.21 Å². The first-order valence-electron chi connectivity index (χ1n) is 5.86. The third-order valence-corrected chi connectivity index (χ3v) is 5.29. The van der Waals surface area contributed by atoms with E-state index in [2.05, 4.69) is 0 Å². The summed E-state index contributed by atoms with van der Waals surface area (Å²) in [5.74, 6) is -0.571. The maximum atomic E-state index is 12.3. The average Bonchev–Trinajstić information content (AvgIpc) is 2.84. The molecule has 0 unspecified atom stereocenters. The van der Waals surface area contributed by atoms with Crippen LogP contribution in [0, 0.1) is 0 Å². The van der Waals surface area contributed by atoms with Gasteiger partial charge < -0.3 is 0 Å². The SMILES string of the molecule is O=C(NO)c1ccc(-n2[se]c3ccccc3c2=O)cc1. The van der Waals surface area contributed by atoms with Crippen LogP contribution in [0.1, 0.15) is 10.4 Å². The van der Waals surface area contributed by atoms with Gasteiger partial charge in [-0.1, -0.05) is 0 Å². The molecule has 20 heavy (non-hydrogen) atoms. The van der Waals surface area contributed by atoms with Crippen molar-refractivity contribution < 1.29 is 10.0 Å². The number of carbonyl (C=O) groups is 1. The van der Waals surface area contributed by atoms with Crippen LogP contribution in [0.25, 0.3) is 15.3 Å². The molecule has 0 radical (unpaired) electrons. The monoisotopic (exact) mass is 334 g/mol. The second kappa shape index (κ2) is 5.09. The van der Waals surface area contributed by atoms with Crippen molar-refractivity contribution in [1.82, 2.24) is 9.04 Å². The molecule has 0 aliphatic rings. The van der Waals surface area contributed by atoms with Crippen LogP contribution in [-0.2, 0) is 0 Å². The third-order valence-electron chi connectivity index (χ3n) is 2.96. The number of hydrogen-bond acceptors (Lipinski definition) is 3. The van der Waals surface area contributed by atoms with Gasteiger partial charge in [0.25, 0.3) is 0 Å². The van der Waals surface area contributed by atoms with Gasteiger partial charge in [0.2, 0.25) is 0 Å². The Hall–Kier alpha value is -2.14. The molecule has 2 aromatic carbocycles. The fourth-order valence-electron chi connectivity index (χ4n) is 1.95. The molecular formula is C14H10N2O3Se. The van der Waals surface area contributed by atoms with Crippen LogP contribution in [0.15, 0.2) is 53.3 Å². The number of nitrogens with zero attached hydrogens (tertiary/aromatic N) is 1. The van der Waals surface area contributed by atoms with Gasteiger partial charge in [0.15, 0.2) is 0 Å². The second-order valence-electron chi connectivity index (χ2n) is 4.17. The summed E-state index contributed by atoms with van der Waals surface area (Å²) in [5.41, 5.74) is 2.65. The van der Waals surface area contributed by atoms with E-state index in [1.54, 1.807) is 33.3 Å². The van der Waals surface area contributed by atoms with Gasteiger partial charge in [-0.3, -0.25) is 0 Å². The van der Waals surface area contributed by atoms with Crippen LogP contribution in [0.5, 0.6) is 0 Å². The Labute approximate surface area is 120 Å². The molecule has 0 aliphatic carbocycles. The minimum absolute atomic E-state index is 0.0139. The number of aromatic nitrogens is 1. The van der Waals surface area contributed by atoms with Crippen molar-refractivity contribution in [2.75, 3.05) is 0 Å². The number of hydrogen-bond donors (Lipinski definition) is 2. The molecule has 0 spiro atoms. The van der Waals surface area contributed by atoms with Crippen LogP contribution in [0.4, 0.5) is 0 Å². The molecule has 6 heteroatoms. The predicted octanol–water partition coefficient (Wildman–Crippen LogP) is 1.17. The van der Waals surface area contributed by atoms with Crippen LogP contribution >= 0.6 is 0 Å². The van der Waals surface area contributed by atoms with Crippen LogP contribution in [0.2, 0.25) is 0 Å². The van der Waals surface area contributed by atoms with Gasteiger partial charge in [0, 0.05) is 0 Å². The van der Waals surface area contributed by atoms with Gasteiger partial charge in [-0.05, 0) is 0 Å². The first-order valence-corrected chi connectivity index (χ1v) is 7.49. The number of amides is 1. The quantitative estimate of drug-likeness (QED) is 0.420. The molecule has 0 fully saturated rings. The third kappa shape index (κ3) is 2.10. The van der Waals surface area contributed by atoms with E-state index in [9.17, 15) is 9.59 Å². The van der Waals surface area contributed by atoms with Gasteiger partial charge in [0.1, 0.15) is 0 Å². The van der Waals surface area contributed by atoms with Crippen molar-refractivity contribution in [2.45, 2.75) is 0 Å². The number of benzene rings is 2. The zero-order valence-corrected chi connectivity index (χ0v) is 12.0. The molecular weight excluding hydrogens is 323 g/mol. The average molecular weight is 333 g/mol. The van der Waals surface area contributed by atoms with E-state index in [-0.39, 0.29) is 20.3 Å². The Balaban J connectivity index is 2.09. The van der Waals surface area contributed by atoms with Gasteiger partial charge in [-0.15, -0.1) is 0 Å². The van der Waals surface area contributed by atoms with E-state index in [0.717, 1.165) is 15.3 Å². The Kier molecular flexibility index (Phi) is 3.28. The van der Waals surface area contributed by atoms with E-state index in [1.807, 2.05) is 24.3 Å². The van der Waals surface area contributed by atoms with E-state index >= 15 is 0 Å². The van der Waals surface area contributed by atoms with Crippen LogP contribution in [0.3, 0.4) is 0 Å². The Bertz CT molecular complexity index is 833. The van der Waals surface area contributed by atoms with Gasteiger partial charge in [-0.25, -0.2) is 0 Å². The predicted molar refractivity (Wildman–Crippen MR) is 75.7 cm³/mol.